The summed E-state index contributed by atoms with van der Waals surface area (Å²) in [6.07, 6.45) is 5.17. The molecule has 0 unspecified atom stereocenters. The Bertz CT molecular complexity index is 489. The predicted octanol–water partition coefficient (Wildman–Crippen LogP) is 1.59. The van der Waals surface area contributed by atoms with Crippen LogP contribution in [0, 0.1) is 0 Å². The fourth-order valence-corrected chi connectivity index (χ4v) is 3.04. The van der Waals surface area contributed by atoms with Crippen LogP contribution < -0.4 is 5.56 Å². The van der Waals surface area contributed by atoms with Gasteiger partial charge in [0.05, 0.1) is 12.7 Å². The van der Waals surface area contributed by atoms with Gasteiger partial charge in [-0.1, -0.05) is 25.1 Å². The Morgan fingerprint density at radius 2 is 2.37 bits per heavy atom. The minimum Gasteiger partial charge on any atom is -0.394 e. The van der Waals surface area contributed by atoms with Gasteiger partial charge in [0.25, 0.3) is 5.56 Å². The van der Waals surface area contributed by atoms with Crippen molar-refractivity contribution >= 4 is 11.8 Å². The summed E-state index contributed by atoms with van der Waals surface area (Å²) in [6.45, 7) is 2.13. The lowest BCUT2D eigenvalue weighted by molar-refractivity contribution is -0.0286. The fraction of sp³-hybridized carbons (Fsp3) is 0.692. The summed E-state index contributed by atoms with van der Waals surface area (Å²) in [4.78, 5) is 15.7. The third kappa shape index (κ3) is 3.19. The number of aliphatic hydroxyl groups excluding tert-OH is 1. The summed E-state index contributed by atoms with van der Waals surface area (Å²) in [6, 6.07) is 1.60. The lowest BCUT2D eigenvalue weighted by atomic mass is 10.2. The number of aliphatic hydroxyl groups is 1. The monoisotopic (exact) mass is 284 g/mol. The average molecular weight is 284 g/mol. The Hall–Kier alpha value is -0.850. The van der Waals surface area contributed by atoms with Crippen LogP contribution in [0.5, 0.6) is 0 Å². The highest BCUT2D eigenvalue weighted by Gasteiger charge is 2.28. The first-order valence-corrected chi connectivity index (χ1v) is 7.84. The molecule has 6 heteroatoms. The molecule has 0 bridgehead atoms. The van der Waals surface area contributed by atoms with Crippen molar-refractivity contribution in [3.8, 4) is 0 Å². The summed E-state index contributed by atoms with van der Waals surface area (Å²) in [5.41, 5.74) is 0.774. The molecule has 5 nitrogen and oxygen atoms in total. The van der Waals surface area contributed by atoms with E-state index in [1.807, 2.05) is 10.8 Å². The van der Waals surface area contributed by atoms with Crippen molar-refractivity contribution in [1.82, 2.24) is 9.55 Å². The molecule has 0 saturated carbocycles. The second-order valence-electron chi connectivity index (χ2n) is 4.67. The number of nitrogens with zero attached hydrogens (tertiary/aromatic N) is 2. The molecule has 0 radical (unpaired) electrons. The average Bonchev–Trinajstić information content (AvgIpc) is 2.86. The number of hydrogen-bond donors (Lipinski definition) is 1. The number of rotatable bonds is 5. The molecule has 0 aliphatic carbocycles. The highest BCUT2D eigenvalue weighted by molar-refractivity contribution is 7.98. The molecular weight excluding hydrogens is 264 g/mol. The maximum absolute atomic E-state index is 11.6. The first-order chi connectivity index (χ1) is 9.19. The second-order valence-corrected chi connectivity index (χ2v) is 5.44. The van der Waals surface area contributed by atoms with Crippen LogP contribution in [0.3, 0.4) is 0 Å². The van der Waals surface area contributed by atoms with Crippen LogP contribution in [0.1, 0.15) is 38.1 Å². The van der Waals surface area contributed by atoms with E-state index in [-0.39, 0.29) is 24.5 Å². The molecule has 1 N–H and O–H groups in total. The minimum absolute atomic E-state index is 0.0435. The summed E-state index contributed by atoms with van der Waals surface area (Å²) >= 11 is 1.45. The highest BCUT2D eigenvalue weighted by Crippen LogP contribution is 2.31. The molecule has 0 aromatic carbocycles. The van der Waals surface area contributed by atoms with Crippen LogP contribution in [0.25, 0.3) is 0 Å². The topological polar surface area (TPSA) is 64.4 Å². The standard InChI is InChI=1S/C13H20N2O3S/c1-3-4-9-7-11(17)14-13(19-2)15(9)12-6-5-10(8-16)18-12/h7,10,12,16H,3-6,8H2,1-2H3/t10-,12-/m0/s1. The number of thioether (sulfide) groups is 1. The van der Waals surface area contributed by atoms with Crippen molar-refractivity contribution in [3.05, 3.63) is 22.1 Å². The van der Waals surface area contributed by atoms with Crippen LogP contribution in [0.2, 0.25) is 0 Å². The normalized spacial score (nSPS) is 22.9. The van der Waals surface area contributed by atoms with Gasteiger partial charge in [-0.05, 0) is 25.5 Å². The summed E-state index contributed by atoms with van der Waals surface area (Å²) < 4.78 is 7.84. The summed E-state index contributed by atoms with van der Waals surface area (Å²) in [5, 5.41) is 9.86. The van der Waals surface area contributed by atoms with E-state index in [0.29, 0.717) is 5.16 Å². The van der Waals surface area contributed by atoms with Gasteiger partial charge >= 0.3 is 0 Å². The lowest BCUT2D eigenvalue weighted by Crippen LogP contribution is -2.23. The van der Waals surface area contributed by atoms with E-state index < -0.39 is 0 Å². The molecule has 1 fully saturated rings. The van der Waals surface area contributed by atoms with Gasteiger partial charge in [-0.25, -0.2) is 0 Å². The van der Waals surface area contributed by atoms with Gasteiger partial charge in [0.1, 0.15) is 6.23 Å². The Morgan fingerprint density at radius 3 is 2.95 bits per heavy atom. The van der Waals surface area contributed by atoms with E-state index in [4.69, 9.17) is 9.84 Å². The van der Waals surface area contributed by atoms with Gasteiger partial charge in [0, 0.05) is 11.8 Å². The number of aryl methyl sites for hydroxylation is 1. The second kappa shape index (κ2) is 6.54. The largest absolute Gasteiger partial charge is 0.394 e. The molecule has 106 valence electrons. The van der Waals surface area contributed by atoms with E-state index >= 15 is 0 Å². The maximum Gasteiger partial charge on any atom is 0.273 e. The zero-order valence-electron chi connectivity index (χ0n) is 11.3. The zero-order chi connectivity index (χ0) is 13.8. The molecule has 1 aromatic rings. The summed E-state index contributed by atoms with van der Waals surface area (Å²) in [5.74, 6) is 0. The van der Waals surface area contributed by atoms with Crippen molar-refractivity contribution in [2.75, 3.05) is 12.9 Å². The zero-order valence-corrected chi connectivity index (χ0v) is 12.2. The number of aromatic nitrogens is 2. The fourth-order valence-electron chi connectivity index (χ4n) is 2.43. The molecule has 1 aliphatic heterocycles. The van der Waals surface area contributed by atoms with Crippen LogP contribution >= 0.6 is 11.8 Å². The van der Waals surface area contributed by atoms with E-state index in [2.05, 4.69) is 11.9 Å². The highest BCUT2D eigenvalue weighted by atomic mass is 32.2. The molecule has 2 heterocycles. The Labute approximate surface area is 117 Å². The van der Waals surface area contributed by atoms with Crippen molar-refractivity contribution in [1.29, 1.82) is 0 Å². The molecule has 0 amide bonds. The molecular formula is C13H20N2O3S. The van der Waals surface area contributed by atoms with E-state index in [0.717, 1.165) is 31.4 Å². The molecule has 2 atom stereocenters. The van der Waals surface area contributed by atoms with Gasteiger partial charge in [0.15, 0.2) is 5.16 Å². The third-order valence-corrected chi connectivity index (χ3v) is 3.93. The molecule has 0 spiro atoms. The van der Waals surface area contributed by atoms with E-state index in [1.165, 1.54) is 11.8 Å². The van der Waals surface area contributed by atoms with Crippen molar-refractivity contribution in [2.45, 2.75) is 50.1 Å². The van der Waals surface area contributed by atoms with Crippen LogP contribution in [0.4, 0.5) is 0 Å². The van der Waals surface area contributed by atoms with E-state index in [1.54, 1.807) is 6.07 Å². The Balaban J connectivity index is 2.39. The Morgan fingerprint density at radius 1 is 1.58 bits per heavy atom. The third-order valence-electron chi connectivity index (χ3n) is 3.28. The lowest BCUT2D eigenvalue weighted by Gasteiger charge is -2.22. The van der Waals surface area contributed by atoms with Crippen molar-refractivity contribution in [2.24, 2.45) is 0 Å². The van der Waals surface area contributed by atoms with Crippen molar-refractivity contribution < 1.29 is 9.84 Å². The molecule has 2 rings (SSSR count). The van der Waals surface area contributed by atoms with Gasteiger partial charge in [0.2, 0.25) is 0 Å². The first kappa shape index (κ1) is 14.6. The SMILES string of the molecule is CCCc1cc(=O)nc(SC)n1[C@@H]1CC[C@@H](CO)O1. The smallest absolute Gasteiger partial charge is 0.273 e. The van der Waals surface area contributed by atoms with Crippen molar-refractivity contribution in [3.63, 3.8) is 0 Å². The van der Waals surface area contributed by atoms with Crippen LogP contribution in [-0.2, 0) is 11.2 Å². The van der Waals surface area contributed by atoms with Gasteiger partial charge in [-0.3, -0.25) is 9.36 Å². The first-order valence-electron chi connectivity index (χ1n) is 6.62. The van der Waals surface area contributed by atoms with Gasteiger partial charge in [-0.15, -0.1) is 0 Å². The minimum atomic E-state index is -0.194. The molecule has 1 aromatic heterocycles. The quantitative estimate of drug-likeness (QED) is 0.657. The maximum atomic E-state index is 11.6. The number of ether oxygens (including phenoxy) is 1. The molecule has 19 heavy (non-hydrogen) atoms. The van der Waals surface area contributed by atoms with Gasteiger partial charge < -0.3 is 9.84 Å². The van der Waals surface area contributed by atoms with Crippen LogP contribution in [-0.4, -0.2) is 33.6 Å². The van der Waals surface area contributed by atoms with E-state index in [9.17, 15) is 4.79 Å². The Kier molecular flexibility index (Phi) is 5.01. The predicted molar refractivity (Wildman–Crippen MR) is 74.5 cm³/mol. The number of hydrogen-bond acceptors (Lipinski definition) is 5. The van der Waals surface area contributed by atoms with Crippen LogP contribution in [0.15, 0.2) is 16.0 Å². The summed E-state index contributed by atoms with van der Waals surface area (Å²) in [7, 11) is 0. The molecule has 1 aliphatic rings. The van der Waals surface area contributed by atoms with Gasteiger partial charge in [-0.2, -0.15) is 4.98 Å². The molecule has 1 saturated heterocycles.